The van der Waals surface area contributed by atoms with E-state index in [0.29, 0.717) is 23.5 Å². The zero-order valence-corrected chi connectivity index (χ0v) is 18.1. The van der Waals surface area contributed by atoms with Gasteiger partial charge in [-0.15, -0.1) is 0 Å². The van der Waals surface area contributed by atoms with Crippen molar-refractivity contribution < 1.29 is 9.59 Å². The Labute approximate surface area is 178 Å². The molecule has 0 saturated carbocycles. The summed E-state index contributed by atoms with van der Waals surface area (Å²) in [5.41, 5.74) is 13.7. The van der Waals surface area contributed by atoms with E-state index in [2.05, 4.69) is 15.2 Å². The molecule has 1 aromatic carbocycles. The van der Waals surface area contributed by atoms with Crippen LogP contribution < -0.4 is 16.8 Å². The van der Waals surface area contributed by atoms with Crippen molar-refractivity contribution in [3.63, 3.8) is 0 Å². The summed E-state index contributed by atoms with van der Waals surface area (Å²) >= 11 is 0. The highest BCUT2D eigenvalue weighted by molar-refractivity contribution is 5.85. The summed E-state index contributed by atoms with van der Waals surface area (Å²) in [4.78, 5) is 29.5. The summed E-state index contributed by atoms with van der Waals surface area (Å²) < 4.78 is 0. The van der Waals surface area contributed by atoms with E-state index in [1.165, 1.54) is 0 Å². The minimum Gasteiger partial charge on any atom is -0.398 e. The molecular formula is C23H33N5O2. The minimum absolute atomic E-state index is 0.0804. The molecule has 162 valence electrons. The van der Waals surface area contributed by atoms with Crippen LogP contribution in [0.5, 0.6) is 0 Å². The normalized spacial score (nSPS) is 15.0. The number of hydrogen-bond acceptors (Lipinski definition) is 6. The van der Waals surface area contributed by atoms with Gasteiger partial charge in [0.1, 0.15) is 0 Å². The molecule has 0 aliphatic carbocycles. The van der Waals surface area contributed by atoms with Crippen molar-refractivity contribution in [3.05, 3.63) is 53.9 Å². The molecule has 1 aliphatic rings. The predicted octanol–water partition coefficient (Wildman–Crippen LogP) is 2.87. The maximum Gasteiger partial charge on any atom is 0.223 e. The average molecular weight is 412 g/mol. The molecule has 0 atom stereocenters. The van der Waals surface area contributed by atoms with Gasteiger partial charge in [0.2, 0.25) is 5.91 Å². The molecule has 1 saturated heterocycles. The molecule has 1 amide bonds. The predicted molar refractivity (Wildman–Crippen MR) is 121 cm³/mol. The van der Waals surface area contributed by atoms with Crippen molar-refractivity contribution in [2.45, 2.75) is 45.7 Å². The number of nitrogens with one attached hydrogen (secondary N) is 1. The Kier molecular flexibility index (Phi) is 8.35. The highest BCUT2D eigenvalue weighted by Gasteiger charge is 2.27. The second-order valence-electron chi connectivity index (χ2n) is 8.61. The van der Waals surface area contributed by atoms with Crippen LogP contribution in [-0.2, 0) is 11.3 Å². The van der Waals surface area contributed by atoms with Gasteiger partial charge in [0.15, 0.2) is 6.29 Å². The summed E-state index contributed by atoms with van der Waals surface area (Å²) in [6.07, 6.45) is 5.83. The molecule has 1 aromatic heterocycles. The molecule has 1 aliphatic heterocycles. The van der Waals surface area contributed by atoms with E-state index in [0.717, 1.165) is 37.8 Å². The van der Waals surface area contributed by atoms with E-state index in [-0.39, 0.29) is 17.4 Å². The van der Waals surface area contributed by atoms with Crippen molar-refractivity contribution in [1.29, 1.82) is 0 Å². The van der Waals surface area contributed by atoms with Gasteiger partial charge in [0, 0.05) is 41.6 Å². The molecule has 5 N–H and O–H groups in total. The molecule has 7 nitrogen and oxygen atoms in total. The number of rotatable bonds is 4. The number of carbonyl (C=O) groups is 2. The molecule has 0 bridgehead atoms. The van der Waals surface area contributed by atoms with E-state index >= 15 is 0 Å². The molecular weight excluding hydrogens is 378 g/mol. The molecule has 7 heteroatoms. The number of pyridine rings is 1. The van der Waals surface area contributed by atoms with Gasteiger partial charge < -0.3 is 16.8 Å². The standard InChI is InChI=1S/C18H27N3O2.C5H6N2/c1-18(2,3)20-17(23)13-7-9-21(10-8-13)11-14-5-4-6-16(19)15(14)12-22;6-5-2-1-3-7-4-5/h4-6,12-13H,7-11,19H2,1-3H3,(H,20,23);1-4H,6H2. The molecule has 2 aromatic rings. The molecule has 3 rings (SSSR count). The van der Waals surface area contributed by atoms with Crippen LogP contribution in [-0.4, -0.2) is 40.7 Å². The van der Waals surface area contributed by atoms with E-state index in [4.69, 9.17) is 11.5 Å². The number of nitrogen functional groups attached to an aromatic ring is 2. The second-order valence-corrected chi connectivity index (χ2v) is 8.61. The van der Waals surface area contributed by atoms with Crippen LogP contribution in [0.25, 0.3) is 0 Å². The van der Waals surface area contributed by atoms with Crippen molar-refractivity contribution in [3.8, 4) is 0 Å². The van der Waals surface area contributed by atoms with Gasteiger partial charge in [-0.25, -0.2) is 0 Å². The van der Waals surface area contributed by atoms with Crippen LogP contribution in [0.2, 0.25) is 0 Å². The highest BCUT2D eigenvalue weighted by atomic mass is 16.2. The van der Waals surface area contributed by atoms with Gasteiger partial charge >= 0.3 is 0 Å². The Morgan fingerprint density at radius 1 is 1.20 bits per heavy atom. The number of piperidine rings is 1. The molecule has 0 unspecified atom stereocenters. The van der Waals surface area contributed by atoms with Gasteiger partial charge in [0.25, 0.3) is 0 Å². The van der Waals surface area contributed by atoms with Gasteiger partial charge in [-0.1, -0.05) is 12.1 Å². The maximum absolute atomic E-state index is 12.2. The number of likely N-dealkylation sites (tertiary alicyclic amines) is 1. The average Bonchev–Trinajstić information content (AvgIpc) is 2.68. The van der Waals surface area contributed by atoms with Crippen LogP contribution >= 0.6 is 0 Å². The Morgan fingerprint density at radius 2 is 1.90 bits per heavy atom. The fourth-order valence-corrected chi connectivity index (χ4v) is 3.36. The van der Waals surface area contributed by atoms with Crippen LogP contribution in [0.15, 0.2) is 42.7 Å². The number of nitrogens with zero attached hydrogens (tertiary/aromatic N) is 2. The molecule has 1 fully saturated rings. The van der Waals surface area contributed by atoms with Crippen LogP contribution in [0.1, 0.15) is 49.5 Å². The summed E-state index contributed by atoms with van der Waals surface area (Å²) in [5, 5.41) is 3.06. The van der Waals surface area contributed by atoms with Crippen molar-refractivity contribution >= 4 is 23.6 Å². The number of amides is 1. The van der Waals surface area contributed by atoms with E-state index in [9.17, 15) is 9.59 Å². The molecule has 2 heterocycles. The third-order valence-corrected chi connectivity index (χ3v) is 4.88. The smallest absolute Gasteiger partial charge is 0.223 e. The number of benzene rings is 1. The number of aromatic nitrogens is 1. The minimum atomic E-state index is -0.186. The number of carbonyl (C=O) groups excluding carboxylic acids is 2. The van der Waals surface area contributed by atoms with Crippen molar-refractivity contribution in [2.24, 2.45) is 5.92 Å². The van der Waals surface area contributed by atoms with Crippen LogP contribution in [0.4, 0.5) is 11.4 Å². The van der Waals surface area contributed by atoms with Gasteiger partial charge in [-0.05, 0) is 70.5 Å². The number of nitrogens with two attached hydrogens (primary N) is 2. The summed E-state index contributed by atoms with van der Waals surface area (Å²) in [7, 11) is 0. The number of aldehydes is 1. The first-order chi connectivity index (χ1) is 14.2. The molecule has 0 spiro atoms. The largest absolute Gasteiger partial charge is 0.398 e. The SMILES string of the molecule is CC(C)(C)NC(=O)C1CCN(Cc2cccc(N)c2C=O)CC1.Nc1cccnc1. The lowest BCUT2D eigenvalue weighted by Gasteiger charge is -2.33. The monoisotopic (exact) mass is 411 g/mol. The number of hydrogen-bond donors (Lipinski definition) is 3. The maximum atomic E-state index is 12.2. The zero-order chi connectivity index (χ0) is 22.1. The van der Waals surface area contributed by atoms with E-state index < -0.39 is 0 Å². The lowest BCUT2D eigenvalue weighted by Crippen LogP contribution is -2.46. The highest BCUT2D eigenvalue weighted by Crippen LogP contribution is 2.22. The van der Waals surface area contributed by atoms with Gasteiger partial charge in [-0.2, -0.15) is 0 Å². The van der Waals surface area contributed by atoms with Crippen LogP contribution in [0, 0.1) is 5.92 Å². The first kappa shape index (κ1) is 23.3. The first-order valence-electron chi connectivity index (χ1n) is 10.2. The summed E-state index contributed by atoms with van der Waals surface area (Å²) in [5.74, 6) is 0.228. The fraction of sp³-hybridized carbons (Fsp3) is 0.435. The Morgan fingerprint density at radius 3 is 2.40 bits per heavy atom. The lowest BCUT2D eigenvalue weighted by molar-refractivity contribution is -0.127. The Balaban J connectivity index is 0.000000386. The van der Waals surface area contributed by atoms with Gasteiger partial charge in [0.05, 0.1) is 5.69 Å². The fourth-order valence-electron chi connectivity index (χ4n) is 3.36. The summed E-state index contributed by atoms with van der Waals surface area (Å²) in [6.45, 7) is 8.42. The molecule has 30 heavy (non-hydrogen) atoms. The topological polar surface area (TPSA) is 114 Å². The summed E-state index contributed by atoms with van der Waals surface area (Å²) in [6, 6.07) is 9.17. The Hall–Kier alpha value is -2.93. The molecule has 0 radical (unpaired) electrons. The zero-order valence-electron chi connectivity index (χ0n) is 18.1. The second kappa shape index (κ2) is 10.7. The lowest BCUT2D eigenvalue weighted by atomic mass is 9.94. The first-order valence-corrected chi connectivity index (χ1v) is 10.2. The quantitative estimate of drug-likeness (QED) is 0.526. The van der Waals surface area contributed by atoms with Crippen molar-refractivity contribution in [2.75, 3.05) is 24.6 Å². The van der Waals surface area contributed by atoms with Crippen molar-refractivity contribution in [1.82, 2.24) is 15.2 Å². The van der Waals surface area contributed by atoms with Gasteiger partial charge in [-0.3, -0.25) is 19.5 Å². The third-order valence-electron chi connectivity index (χ3n) is 4.88. The number of anilines is 2. The van der Waals surface area contributed by atoms with E-state index in [1.54, 1.807) is 30.6 Å². The third kappa shape index (κ3) is 7.48. The Bertz CT molecular complexity index is 825. The van der Waals surface area contributed by atoms with Crippen LogP contribution in [0.3, 0.4) is 0 Å². The van der Waals surface area contributed by atoms with E-state index in [1.807, 2.05) is 32.9 Å².